The third-order valence-electron chi connectivity index (χ3n) is 0.647. The van der Waals surface area contributed by atoms with Crippen LogP contribution in [0.25, 0.3) is 0 Å². The lowest BCUT2D eigenvalue weighted by molar-refractivity contribution is -0.133. The van der Waals surface area contributed by atoms with Crippen molar-refractivity contribution < 1.29 is 18.4 Å². The number of carbonyl (C=O) groups excluding carboxylic acids is 1. The molecule has 1 unspecified atom stereocenters. The Kier molecular flexibility index (Phi) is 5.02. The van der Waals surface area contributed by atoms with Crippen molar-refractivity contribution in [3.8, 4) is 0 Å². The Balaban J connectivity index is 3.47. The van der Waals surface area contributed by atoms with Crippen molar-refractivity contribution in [1.82, 2.24) is 5.32 Å². The maximum Gasteiger partial charge on any atom is 0.752 e. The molecular formula is C4H9NO4P+. The largest absolute Gasteiger partial charge is 0.752 e. The van der Waals surface area contributed by atoms with Crippen molar-refractivity contribution in [3.05, 3.63) is 0 Å². The average Bonchev–Trinajstić information content (AvgIpc) is 1.88. The zero-order valence-electron chi connectivity index (χ0n) is 5.79. The molecule has 1 N–H and O–H groups in total. The van der Waals surface area contributed by atoms with E-state index < -0.39 is 14.2 Å². The zero-order chi connectivity index (χ0) is 7.98. The van der Waals surface area contributed by atoms with Gasteiger partial charge in [0.1, 0.15) is 0 Å². The first-order chi connectivity index (χ1) is 4.70. The summed E-state index contributed by atoms with van der Waals surface area (Å²) in [5, 5.41) is 2.54. The zero-order valence-corrected chi connectivity index (χ0v) is 6.68. The van der Waals surface area contributed by atoms with E-state index in [0.717, 1.165) is 0 Å². The van der Waals surface area contributed by atoms with Gasteiger partial charge in [0.25, 0.3) is 0 Å². The predicted octanol–water partition coefficient (Wildman–Crippen LogP) is 0.0528. The van der Waals surface area contributed by atoms with Crippen molar-refractivity contribution in [3.63, 3.8) is 0 Å². The van der Waals surface area contributed by atoms with E-state index in [1.165, 1.54) is 7.11 Å². The van der Waals surface area contributed by atoms with Crippen LogP contribution in [0, 0.1) is 0 Å². The number of carbonyl (C=O) groups is 1. The van der Waals surface area contributed by atoms with Gasteiger partial charge in [-0.25, -0.2) is 4.79 Å². The van der Waals surface area contributed by atoms with Gasteiger partial charge in [-0.05, 0) is 7.05 Å². The molecule has 0 aliphatic carbocycles. The predicted molar refractivity (Wildman–Crippen MR) is 34.6 cm³/mol. The summed E-state index contributed by atoms with van der Waals surface area (Å²) in [6, 6.07) is 0. The van der Waals surface area contributed by atoms with Gasteiger partial charge >= 0.3 is 14.2 Å². The molecule has 0 aromatic heterocycles. The first kappa shape index (κ1) is 9.49. The molecule has 0 saturated carbocycles. The summed E-state index contributed by atoms with van der Waals surface area (Å²) in [6.45, 7) is 0.0322. The second-order valence-electron chi connectivity index (χ2n) is 1.40. The van der Waals surface area contributed by atoms with Crippen LogP contribution < -0.4 is 5.32 Å². The minimum Gasteiger partial charge on any atom is -0.310 e. The fourth-order valence-corrected chi connectivity index (χ4v) is 0.602. The molecule has 10 heavy (non-hydrogen) atoms. The normalized spacial score (nSPS) is 10.8. The van der Waals surface area contributed by atoms with Gasteiger partial charge in [-0.2, -0.15) is 4.52 Å². The number of rotatable bonds is 4. The molecule has 0 aromatic carbocycles. The van der Waals surface area contributed by atoms with Gasteiger partial charge in [0, 0.05) is 4.57 Å². The van der Waals surface area contributed by atoms with Gasteiger partial charge in [-0.1, -0.05) is 0 Å². The van der Waals surface area contributed by atoms with Gasteiger partial charge in [0.15, 0.2) is 0 Å². The summed E-state index contributed by atoms with van der Waals surface area (Å²) in [4.78, 5) is 10.5. The van der Waals surface area contributed by atoms with E-state index in [2.05, 4.69) is 14.4 Å². The maximum atomic E-state index is 10.5. The summed E-state index contributed by atoms with van der Waals surface area (Å²) >= 11 is 0. The minimum absolute atomic E-state index is 0.0322. The molecule has 5 nitrogen and oxygen atoms in total. The van der Waals surface area contributed by atoms with E-state index in [1.54, 1.807) is 7.05 Å². The lowest BCUT2D eigenvalue weighted by Crippen LogP contribution is -2.18. The Hall–Kier alpha value is -0.510. The molecule has 0 aliphatic rings. The Morgan fingerprint density at radius 1 is 1.70 bits per heavy atom. The van der Waals surface area contributed by atoms with Crippen LogP contribution in [0.1, 0.15) is 0 Å². The maximum absolute atomic E-state index is 10.5. The van der Waals surface area contributed by atoms with Crippen LogP contribution in [0.15, 0.2) is 0 Å². The summed E-state index contributed by atoms with van der Waals surface area (Å²) < 4.78 is 18.8. The fourth-order valence-electron chi connectivity index (χ4n) is 0.297. The molecule has 0 bridgehead atoms. The molecule has 6 heteroatoms. The van der Waals surface area contributed by atoms with Crippen LogP contribution in [-0.4, -0.2) is 26.7 Å². The molecule has 1 atom stereocenters. The summed E-state index contributed by atoms with van der Waals surface area (Å²) in [7, 11) is 0.515. The minimum atomic E-state index is -2.27. The summed E-state index contributed by atoms with van der Waals surface area (Å²) in [5.74, 6) is -0.592. The van der Waals surface area contributed by atoms with Crippen molar-refractivity contribution in [2.24, 2.45) is 0 Å². The van der Waals surface area contributed by atoms with Crippen molar-refractivity contribution in [2.75, 3.05) is 20.7 Å². The van der Waals surface area contributed by atoms with E-state index in [0.29, 0.717) is 0 Å². The van der Waals surface area contributed by atoms with Crippen molar-refractivity contribution >= 4 is 14.2 Å². The van der Waals surface area contributed by atoms with Gasteiger partial charge in [-0.3, -0.25) is 0 Å². The average molecular weight is 166 g/mol. The summed E-state index contributed by atoms with van der Waals surface area (Å²) in [6.07, 6.45) is 0. The molecule has 58 valence electrons. The molecule has 0 aliphatic heterocycles. The third kappa shape index (κ3) is 4.38. The van der Waals surface area contributed by atoms with Gasteiger partial charge < -0.3 is 5.32 Å². The quantitative estimate of drug-likeness (QED) is 0.598. The monoisotopic (exact) mass is 166 g/mol. The molecule has 0 aromatic rings. The molecule has 0 amide bonds. The first-order valence-corrected chi connectivity index (χ1v) is 3.67. The highest BCUT2D eigenvalue weighted by Gasteiger charge is 2.22. The van der Waals surface area contributed by atoms with Crippen LogP contribution in [0.4, 0.5) is 0 Å². The Labute approximate surface area is 59.7 Å². The van der Waals surface area contributed by atoms with Crippen LogP contribution in [0.3, 0.4) is 0 Å². The summed E-state index contributed by atoms with van der Waals surface area (Å²) in [5.41, 5.74) is 0. The van der Waals surface area contributed by atoms with Crippen molar-refractivity contribution in [2.45, 2.75) is 0 Å². The van der Waals surface area contributed by atoms with Crippen LogP contribution >= 0.6 is 8.25 Å². The molecule has 0 spiro atoms. The van der Waals surface area contributed by atoms with Gasteiger partial charge in [-0.15, -0.1) is 4.52 Å². The van der Waals surface area contributed by atoms with Gasteiger partial charge in [0.2, 0.25) is 0 Å². The fraction of sp³-hybridized carbons (Fsp3) is 0.750. The van der Waals surface area contributed by atoms with Crippen LogP contribution in [0.2, 0.25) is 0 Å². The number of hydrogen-bond acceptors (Lipinski definition) is 5. The van der Waals surface area contributed by atoms with Crippen molar-refractivity contribution in [1.29, 1.82) is 0 Å². The Morgan fingerprint density at radius 2 is 2.30 bits per heavy atom. The second-order valence-corrected chi connectivity index (χ2v) is 2.39. The number of likely N-dealkylation sites (N-methyl/N-ethyl adjacent to an activating group) is 1. The van der Waals surface area contributed by atoms with Crippen LogP contribution in [0.5, 0.6) is 0 Å². The SMILES string of the molecule is CNCC(=O)O[P+](=O)OC. The second kappa shape index (κ2) is 5.29. The van der Waals surface area contributed by atoms with E-state index >= 15 is 0 Å². The first-order valence-electron chi connectivity index (χ1n) is 2.57. The lowest BCUT2D eigenvalue weighted by atomic mass is 10.7. The molecule has 0 saturated heterocycles. The number of hydrogen-bond donors (Lipinski definition) is 1. The molecule has 0 fully saturated rings. The van der Waals surface area contributed by atoms with E-state index in [4.69, 9.17) is 0 Å². The highest BCUT2D eigenvalue weighted by atomic mass is 31.1. The Morgan fingerprint density at radius 3 is 2.70 bits per heavy atom. The Bertz CT molecular complexity index is 137. The molecular weight excluding hydrogens is 157 g/mol. The van der Waals surface area contributed by atoms with E-state index in [1.807, 2.05) is 0 Å². The van der Waals surface area contributed by atoms with Crippen LogP contribution in [-0.2, 0) is 18.4 Å². The van der Waals surface area contributed by atoms with E-state index in [-0.39, 0.29) is 6.54 Å². The standard InChI is InChI=1S/C4H9NO4P/c1-5-3-4(6)9-10(7)8-2/h5H,3H2,1-2H3/q+1. The molecule has 0 rings (SSSR count). The molecule has 0 heterocycles. The number of nitrogens with one attached hydrogen (secondary N) is 1. The lowest BCUT2D eigenvalue weighted by Gasteiger charge is -1.87. The third-order valence-corrected chi connectivity index (χ3v) is 1.30. The topological polar surface area (TPSA) is 64.6 Å². The molecule has 0 radical (unpaired) electrons. The highest BCUT2D eigenvalue weighted by Crippen LogP contribution is 2.21. The smallest absolute Gasteiger partial charge is 0.310 e. The van der Waals surface area contributed by atoms with E-state index in [9.17, 15) is 9.36 Å². The van der Waals surface area contributed by atoms with Gasteiger partial charge in [0.05, 0.1) is 13.7 Å². The highest BCUT2D eigenvalue weighted by molar-refractivity contribution is 7.34.